The highest BCUT2D eigenvalue weighted by Crippen LogP contribution is 2.23. The molecule has 0 aliphatic rings. The van der Waals surface area contributed by atoms with Gasteiger partial charge in [0.15, 0.2) is 0 Å². The average molecular weight is 273 g/mol. The van der Waals surface area contributed by atoms with Crippen LogP contribution in [0.25, 0.3) is 6.08 Å². The Balaban J connectivity index is 3.06. The van der Waals surface area contributed by atoms with Gasteiger partial charge < -0.3 is 9.47 Å². The third-order valence-corrected chi connectivity index (χ3v) is 2.74. The molecule has 0 aliphatic heterocycles. The molecule has 0 aliphatic carbocycles. The first-order valence-corrected chi connectivity index (χ1v) is 6.66. The van der Waals surface area contributed by atoms with Crippen LogP contribution in [0.5, 0.6) is 5.75 Å². The van der Waals surface area contributed by atoms with Crippen LogP contribution in [0, 0.1) is 11.3 Å². The van der Waals surface area contributed by atoms with E-state index in [2.05, 4.69) is 0 Å². The Morgan fingerprint density at radius 3 is 2.70 bits per heavy atom. The fourth-order valence-electron chi connectivity index (χ4n) is 1.51. The fourth-order valence-corrected chi connectivity index (χ4v) is 1.51. The summed E-state index contributed by atoms with van der Waals surface area (Å²) in [5.74, 6) is 0.0345. The lowest BCUT2D eigenvalue weighted by Gasteiger charge is -2.14. The molecule has 1 aromatic rings. The predicted octanol–water partition coefficient (Wildman–Crippen LogP) is 3.33. The lowest BCUT2D eigenvalue weighted by molar-refractivity contribution is -0.137. The first-order valence-electron chi connectivity index (χ1n) is 6.66. The van der Waals surface area contributed by atoms with Gasteiger partial charge in [-0.15, -0.1) is 0 Å². The number of esters is 1. The summed E-state index contributed by atoms with van der Waals surface area (Å²) in [7, 11) is 0. The van der Waals surface area contributed by atoms with E-state index < -0.39 is 5.97 Å². The Bertz CT molecular complexity index is 529. The molecule has 1 rings (SSSR count). The van der Waals surface area contributed by atoms with Crippen LogP contribution in [0.2, 0.25) is 0 Å². The summed E-state index contributed by atoms with van der Waals surface area (Å²) in [4.78, 5) is 11.6. The molecule has 1 aromatic carbocycles. The molecular weight excluding hydrogens is 254 g/mol. The molecule has 106 valence electrons. The lowest BCUT2D eigenvalue weighted by atomic mass is 10.1. The van der Waals surface area contributed by atoms with E-state index in [1.54, 1.807) is 13.0 Å². The standard InChI is InChI=1S/C16H19NO3/c1-4-12(3)20-15-9-7-6-8-13(15)10-14(11-17)16(18)19-5-2/h6-10,12H,4-5H2,1-3H3/b14-10-/t12-/m0/s1. The summed E-state index contributed by atoms with van der Waals surface area (Å²) in [5.41, 5.74) is 0.657. The van der Waals surface area contributed by atoms with Crippen LogP contribution < -0.4 is 4.74 Å². The Morgan fingerprint density at radius 2 is 2.10 bits per heavy atom. The van der Waals surface area contributed by atoms with Crippen molar-refractivity contribution in [3.63, 3.8) is 0 Å². The van der Waals surface area contributed by atoms with Crippen LogP contribution >= 0.6 is 0 Å². The molecular formula is C16H19NO3. The molecule has 0 radical (unpaired) electrons. The highest BCUT2D eigenvalue weighted by molar-refractivity contribution is 5.98. The van der Waals surface area contributed by atoms with E-state index in [1.165, 1.54) is 6.08 Å². The Kier molecular flexibility index (Phi) is 6.31. The fraction of sp³-hybridized carbons (Fsp3) is 0.375. The van der Waals surface area contributed by atoms with Gasteiger partial charge in [0.25, 0.3) is 0 Å². The van der Waals surface area contributed by atoms with E-state index in [1.807, 2.05) is 38.1 Å². The first-order chi connectivity index (χ1) is 9.62. The Hall–Kier alpha value is -2.28. The summed E-state index contributed by atoms with van der Waals surface area (Å²) in [6, 6.07) is 9.16. The zero-order valence-corrected chi connectivity index (χ0v) is 12.1. The number of ether oxygens (including phenoxy) is 2. The Morgan fingerprint density at radius 1 is 1.40 bits per heavy atom. The van der Waals surface area contributed by atoms with Crippen molar-refractivity contribution < 1.29 is 14.3 Å². The number of hydrogen-bond acceptors (Lipinski definition) is 4. The molecule has 0 spiro atoms. The van der Waals surface area contributed by atoms with E-state index in [4.69, 9.17) is 14.7 Å². The largest absolute Gasteiger partial charge is 0.490 e. The maximum atomic E-state index is 11.6. The third-order valence-electron chi connectivity index (χ3n) is 2.74. The van der Waals surface area contributed by atoms with E-state index in [0.717, 1.165) is 6.42 Å². The summed E-state index contributed by atoms with van der Waals surface area (Å²) in [6.45, 7) is 5.94. The molecule has 1 atom stereocenters. The number of hydrogen-bond donors (Lipinski definition) is 0. The topological polar surface area (TPSA) is 59.3 Å². The first kappa shape index (κ1) is 15.8. The lowest BCUT2D eigenvalue weighted by Crippen LogP contribution is -2.11. The van der Waals surface area contributed by atoms with E-state index in [0.29, 0.717) is 11.3 Å². The van der Waals surface area contributed by atoms with Gasteiger partial charge in [-0.2, -0.15) is 5.26 Å². The molecule has 20 heavy (non-hydrogen) atoms. The van der Waals surface area contributed by atoms with Gasteiger partial charge in [0.1, 0.15) is 17.4 Å². The maximum absolute atomic E-state index is 11.6. The Labute approximate surface area is 119 Å². The van der Waals surface area contributed by atoms with Crippen molar-refractivity contribution in [1.82, 2.24) is 0 Å². The summed E-state index contributed by atoms with van der Waals surface area (Å²) < 4.78 is 10.6. The van der Waals surface area contributed by atoms with Gasteiger partial charge in [0, 0.05) is 5.56 Å². The zero-order chi connectivity index (χ0) is 15.0. The van der Waals surface area contributed by atoms with Crippen molar-refractivity contribution in [2.45, 2.75) is 33.3 Å². The molecule has 0 N–H and O–H groups in total. The van der Waals surface area contributed by atoms with Crippen molar-refractivity contribution in [3.8, 4) is 11.8 Å². The molecule has 0 amide bonds. The second-order valence-electron chi connectivity index (χ2n) is 4.26. The number of para-hydroxylation sites is 1. The number of nitriles is 1. The normalized spacial score (nSPS) is 12.4. The zero-order valence-electron chi connectivity index (χ0n) is 12.1. The van der Waals surface area contributed by atoms with Crippen molar-refractivity contribution in [2.75, 3.05) is 6.61 Å². The van der Waals surface area contributed by atoms with Crippen LogP contribution in [0.3, 0.4) is 0 Å². The van der Waals surface area contributed by atoms with Gasteiger partial charge in [0.2, 0.25) is 0 Å². The minimum absolute atomic E-state index is 0.0351. The molecule has 0 bridgehead atoms. The van der Waals surface area contributed by atoms with Gasteiger partial charge in [-0.1, -0.05) is 25.1 Å². The smallest absolute Gasteiger partial charge is 0.348 e. The van der Waals surface area contributed by atoms with E-state index >= 15 is 0 Å². The molecule has 4 heteroatoms. The number of carbonyl (C=O) groups excluding carboxylic acids is 1. The second-order valence-corrected chi connectivity index (χ2v) is 4.26. The molecule has 0 saturated carbocycles. The van der Waals surface area contributed by atoms with Gasteiger partial charge in [0.05, 0.1) is 12.7 Å². The van der Waals surface area contributed by atoms with Gasteiger partial charge >= 0.3 is 5.97 Å². The van der Waals surface area contributed by atoms with Crippen LogP contribution in [-0.4, -0.2) is 18.7 Å². The molecule has 0 fully saturated rings. The van der Waals surface area contributed by atoms with E-state index in [9.17, 15) is 4.79 Å². The van der Waals surface area contributed by atoms with Gasteiger partial charge in [-0.25, -0.2) is 4.79 Å². The molecule has 0 saturated heterocycles. The van der Waals surface area contributed by atoms with Gasteiger partial charge in [-0.05, 0) is 32.4 Å². The quantitative estimate of drug-likeness (QED) is 0.453. The van der Waals surface area contributed by atoms with Crippen molar-refractivity contribution in [2.24, 2.45) is 0 Å². The second kappa shape index (κ2) is 8.00. The minimum atomic E-state index is -0.617. The van der Waals surface area contributed by atoms with Gasteiger partial charge in [-0.3, -0.25) is 0 Å². The number of benzene rings is 1. The summed E-state index contributed by atoms with van der Waals surface area (Å²) in [6.07, 6.45) is 2.44. The van der Waals surface area contributed by atoms with Crippen molar-refractivity contribution in [3.05, 3.63) is 35.4 Å². The number of nitrogens with zero attached hydrogens (tertiary/aromatic N) is 1. The van der Waals surface area contributed by atoms with Crippen molar-refractivity contribution in [1.29, 1.82) is 5.26 Å². The average Bonchev–Trinajstić information content (AvgIpc) is 2.46. The number of carbonyl (C=O) groups is 1. The highest BCUT2D eigenvalue weighted by atomic mass is 16.5. The predicted molar refractivity (Wildman–Crippen MR) is 77.0 cm³/mol. The van der Waals surface area contributed by atoms with Crippen LogP contribution in [0.4, 0.5) is 0 Å². The van der Waals surface area contributed by atoms with Crippen molar-refractivity contribution >= 4 is 12.0 Å². The molecule has 4 nitrogen and oxygen atoms in total. The van der Waals surface area contributed by atoms with Crippen LogP contribution in [0.1, 0.15) is 32.8 Å². The molecule has 0 unspecified atom stereocenters. The highest BCUT2D eigenvalue weighted by Gasteiger charge is 2.12. The summed E-state index contributed by atoms with van der Waals surface area (Å²) in [5, 5.41) is 9.04. The summed E-state index contributed by atoms with van der Waals surface area (Å²) >= 11 is 0. The minimum Gasteiger partial charge on any atom is -0.490 e. The third kappa shape index (κ3) is 4.43. The monoisotopic (exact) mass is 273 g/mol. The molecule has 0 heterocycles. The van der Waals surface area contributed by atoms with Crippen LogP contribution in [0.15, 0.2) is 29.8 Å². The van der Waals surface area contributed by atoms with E-state index in [-0.39, 0.29) is 18.3 Å². The maximum Gasteiger partial charge on any atom is 0.348 e. The molecule has 0 aromatic heterocycles. The number of rotatable bonds is 6. The SMILES string of the molecule is CCOC(=O)/C(C#N)=C\c1ccccc1O[C@@H](C)CC. The van der Waals surface area contributed by atoms with Crippen LogP contribution in [-0.2, 0) is 9.53 Å².